The minimum absolute atomic E-state index is 0.00626. The summed E-state index contributed by atoms with van der Waals surface area (Å²) in [6.45, 7) is 4.99. The number of piperidine rings is 1. The Kier molecular flexibility index (Phi) is 5.16. The van der Waals surface area contributed by atoms with E-state index >= 15 is 0 Å². The lowest BCUT2D eigenvalue weighted by Crippen LogP contribution is -2.42. The molecule has 2 heterocycles. The van der Waals surface area contributed by atoms with E-state index in [0.717, 1.165) is 30.0 Å². The number of hydrogen-bond donors (Lipinski definition) is 0. The smallest absolute Gasteiger partial charge is 0.257 e. The van der Waals surface area contributed by atoms with Crippen molar-refractivity contribution in [3.8, 4) is 11.5 Å². The molecule has 0 unspecified atom stereocenters. The van der Waals surface area contributed by atoms with Crippen molar-refractivity contribution in [3.63, 3.8) is 0 Å². The van der Waals surface area contributed by atoms with E-state index in [1.54, 1.807) is 13.3 Å². The quantitative estimate of drug-likeness (QED) is 0.855. The van der Waals surface area contributed by atoms with E-state index in [0.29, 0.717) is 24.5 Å². The highest BCUT2D eigenvalue weighted by Gasteiger charge is 2.26. The van der Waals surface area contributed by atoms with E-state index in [-0.39, 0.29) is 12.0 Å². The number of benzene rings is 1. The van der Waals surface area contributed by atoms with E-state index in [4.69, 9.17) is 9.47 Å². The minimum Gasteiger partial charge on any atom is -0.493 e. The molecule has 0 spiro atoms. The van der Waals surface area contributed by atoms with Crippen molar-refractivity contribution in [2.45, 2.75) is 32.8 Å². The topological polar surface area (TPSA) is 64.6 Å². The van der Waals surface area contributed by atoms with E-state index in [1.165, 1.54) is 0 Å². The third-order valence-corrected chi connectivity index (χ3v) is 4.42. The van der Waals surface area contributed by atoms with Crippen LogP contribution < -0.4 is 9.47 Å². The van der Waals surface area contributed by atoms with Crippen LogP contribution in [0.15, 0.2) is 30.5 Å². The summed E-state index contributed by atoms with van der Waals surface area (Å²) in [6, 6.07) is 7.63. The highest BCUT2D eigenvalue weighted by atomic mass is 16.5. The fourth-order valence-electron chi connectivity index (χ4n) is 3.04. The zero-order valence-electron chi connectivity index (χ0n) is 14.9. The number of rotatable bonds is 4. The maximum absolute atomic E-state index is 12.7. The van der Waals surface area contributed by atoms with Gasteiger partial charge in [-0.2, -0.15) is 0 Å². The van der Waals surface area contributed by atoms with Crippen LogP contribution in [0.25, 0.3) is 0 Å². The summed E-state index contributed by atoms with van der Waals surface area (Å²) in [7, 11) is 1.63. The third kappa shape index (κ3) is 3.90. The standard InChI is InChI=1S/C19H23N3O3/c1-13-16(12-20-14(2)21-13)19(23)22-10-8-15(9-11-22)25-18-7-5-4-6-17(18)24-3/h4-7,12,15H,8-11H2,1-3H3. The Labute approximate surface area is 147 Å². The zero-order valence-corrected chi connectivity index (χ0v) is 14.9. The predicted molar refractivity (Wildman–Crippen MR) is 94.1 cm³/mol. The normalized spacial score (nSPS) is 15.1. The minimum atomic E-state index is -0.00626. The van der Waals surface area contributed by atoms with Crippen LogP contribution in [-0.2, 0) is 0 Å². The van der Waals surface area contributed by atoms with Gasteiger partial charge in [0.25, 0.3) is 5.91 Å². The van der Waals surface area contributed by atoms with Crippen molar-refractivity contribution in [1.82, 2.24) is 14.9 Å². The van der Waals surface area contributed by atoms with Crippen molar-refractivity contribution >= 4 is 5.91 Å². The molecule has 0 radical (unpaired) electrons. The average molecular weight is 341 g/mol. The summed E-state index contributed by atoms with van der Waals surface area (Å²) < 4.78 is 11.4. The Morgan fingerprint density at radius 1 is 1.16 bits per heavy atom. The number of carbonyl (C=O) groups excluding carboxylic acids is 1. The maximum Gasteiger partial charge on any atom is 0.257 e. The van der Waals surface area contributed by atoms with Gasteiger partial charge >= 0.3 is 0 Å². The molecule has 6 heteroatoms. The monoisotopic (exact) mass is 341 g/mol. The molecule has 1 amide bonds. The summed E-state index contributed by atoms with van der Waals surface area (Å²) in [5.74, 6) is 2.15. The number of nitrogens with zero attached hydrogens (tertiary/aromatic N) is 3. The first kappa shape index (κ1) is 17.2. The Morgan fingerprint density at radius 2 is 1.84 bits per heavy atom. The van der Waals surface area contributed by atoms with Crippen molar-refractivity contribution in [3.05, 3.63) is 47.5 Å². The summed E-state index contributed by atoms with van der Waals surface area (Å²) in [5, 5.41) is 0. The van der Waals surface area contributed by atoms with Crippen LogP contribution in [0.2, 0.25) is 0 Å². The molecule has 25 heavy (non-hydrogen) atoms. The largest absolute Gasteiger partial charge is 0.493 e. The zero-order chi connectivity index (χ0) is 17.8. The predicted octanol–water partition coefficient (Wildman–Crippen LogP) is 2.79. The molecule has 1 saturated heterocycles. The lowest BCUT2D eigenvalue weighted by Gasteiger charge is -2.32. The Morgan fingerprint density at radius 3 is 2.48 bits per heavy atom. The second kappa shape index (κ2) is 7.51. The lowest BCUT2D eigenvalue weighted by atomic mass is 10.1. The van der Waals surface area contributed by atoms with Crippen LogP contribution in [0.4, 0.5) is 0 Å². The van der Waals surface area contributed by atoms with Crippen LogP contribution in [0.5, 0.6) is 11.5 Å². The van der Waals surface area contributed by atoms with Gasteiger partial charge in [0.05, 0.1) is 18.4 Å². The highest BCUT2D eigenvalue weighted by Crippen LogP contribution is 2.29. The van der Waals surface area contributed by atoms with Crippen molar-refractivity contribution in [2.75, 3.05) is 20.2 Å². The van der Waals surface area contributed by atoms with Crippen molar-refractivity contribution in [1.29, 1.82) is 0 Å². The summed E-state index contributed by atoms with van der Waals surface area (Å²) in [6.07, 6.45) is 3.28. The molecule has 1 aliphatic heterocycles. The molecule has 1 aromatic heterocycles. The molecular formula is C19H23N3O3. The SMILES string of the molecule is COc1ccccc1OC1CCN(C(=O)c2cnc(C)nc2C)CC1. The van der Waals surface area contributed by atoms with Gasteiger partial charge in [0, 0.05) is 32.1 Å². The van der Waals surface area contributed by atoms with Crippen LogP contribution >= 0.6 is 0 Å². The number of para-hydroxylation sites is 2. The molecule has 0 bridgehead atoms. The van der Waals surface area contributed by atoms with Gasteiger partial charge in [0.1, 0.15) is 11.9 Å². The van der Waals surface area contributed by atoms with E-state index < -0.39 is 0 Å². The molecule has 0 aliphatic carbocycles. The highest BCUT2D eigenvalue weighted by molar-refractivity contribution is 5.95. The van der Waals surface area contributed by atoms with Crippen LogP contribution in [0.1, 0.15) is 34.7 Å². The molecule has 3 rings (SSSR count). The van der Waals surface area contributed by atoms with Gasteiger partial charge < -0.3 is 14.4 Å². The number of aromatic nitrogens is 2. The summed E-state index contributed by atoms with van der Waals surface area (Å²) in [4.78, 5) is 23.0. The Balaban J connectivity index is 1.61. The van der Waals surface area contributed by atoms with Crippen LogP contribution in [-0.4, -0.2) is 47.1 Å². The second-order valence-electron chi connectivity index (χ2n) is 6.18. The van der Waals surface area contributed by atoms with Gasteiger partial charge in [-0.3, -0.25) is 4.79 Å². The first-order chi connectivity index (χ1) is 12.1. The number of aryl methyl sites for hydroxylation is 2. The fraction of sp³-hybridized carbons (Fsp3) is 0.421. The molecule has 0 saturated carbocycles. The van der Waals surface area contributed by atoms with Crippen LogP contribution in [0, 0.1) is 13.8 Å². The second-order valence-corrected chi connectivity index (χ2v) is 6.18. The first-order valence-electron chi connectivity index (χ1n) is 8.47. The molecule has 1 aromatic carbocycles. The van der Waals surface area contributed by atoms with Gasteiger partial charge in [-0.25, -0.2) is 9.97 Å². The van der Waals surface area contributed by atoms with E-state index in [9.17, 15) is 4.79 Å². The van der Waals surface area contributed by atoms with Crippen molar-refractivity contribution in [2.24, 2.45) is 0 Å². The number of methoxy groups -OCH3 is 1. The Hall–Kier alpha value is -2.63. The number of likely N-dealkylation sites (tertiary alicyclic amines) is 1. The maximum atomic E-state index is 12.7. The molecule has 0 N–H and O–H groups in total. The molecular weight excluding hydrogens is 318 g/mol. The number of carbonyl (C=O) groups is 1. The van der Waals surface area contributed by atoms with Gasteiger partial charge in [0.2, 0.25) is 0 Å². The molecule has 2 aromatic rings. The van der Waals surface area contributed by atoms with Gasteiger partial charge in [0.15, 0.2) is 11.5 Å². The fourth-order valence-corrected chi connectivity index (χ4v) is 3.04. The molecule has 132 valence electrons. The number of amides is 1. The average Bonchev–Trinajstić information content (AvgIpc) is 2.62. The van der Waals surface area contributed by atoms with E-state index in [1.807, 2.05) is 43.0 Å². The Bertz CT molecular complexity index is 755. The molecule has 6 nitrogen and oxygen atoms in total. The van der Waals surface area contributed by atoms with E-state index in [2.05, 4.69) is 9.97 Å². The molecule has 1 fully saturated rings. The molecule has 1 aliphatic rings. The van der Waals surface area contributed by atoms with Crippen molar-refractivity contribution < 1.29 is 14.3 Å². The van der Waals surface area contributed by atoms with Gasteiger partial charge in [-0.1, -0.05) is 12.1 Å². The lowest BCUT2D eigenvalue weighted by molar-refractivity contribution is 0.0589. The number of hydrogen-bond acceptors (Lipinski definition) is 5. The van der Waals surface area contributed by atoms with Gasteiger partial charge in [-0.15, -0.1) is 0 Å². The third-order valence-electron chi connectivity index (χ3n) is 4.42. The summed E-state index contributed by atoms with van der Waals surface area (Å²) >= 11 is 0. The number of ether oxygens (including phenoxy) is 2. The molecule has 0 atom stereocenters. The first-order valence-corrected chi connectivity index (χ1v) is 8.47. The summed E-state index contributed by atoms with van der Waals surface area (Å²) in [5.41, 5.74) is 1.31. The van der Waals surface area contributed by atoms with Gasteiger partial charge in [-0.05, 0) is 26.0 Å². The van der Waals surface area contributed by atoms with Crippen LogP contribution in [0.3, 0.4) is 0 Å².